The number of benzene rings is 3. The second-order valence-corrected chi connectivity index (χ2v) is 13.7. The number of nitrogens with one attached hydrogen (secondary N) is 2. The zero-order chi connectivity index (χ0) is 35.8. The predicted molar refractivity (Wildman–Crippen MR) is 190 cm³/mol. The fourth-order valence-electron chi connectivity index (χ4n) is 4.85. The molecule has 0 radical (unpaired) electrons. The van der Waals surface area contributed by atoms with E-state index in [9.17, 15) is 9.59 Å². The van der Waals surface area contributed by atoms with Gasteiger partial charge in [-0.25, -0.2) is 9.78 Å². The number of anilines is 3. The van der Waals surface area contributed by atoms with E-state index in [4.69, 9.17) is 28.4 Å². The van der Waals surface area contributed by atoms with Crippen LogP contribution in [0.4, 0.5) is 22.0 Å². The zero-order valence-corrected chi connectivity index (χ0v) is 29.8. The Hall–Kier alpha value is -5.03. The second kappa shape index (κ2) is 15.5. The summed E-state index contributed by atoms with van der Waals surface area (Å²) in [6, 6.07) is 20.2. The van der Waals surface area contributed by atoms with E-state index in [2.05, 4.69) is 15.6 Å². The Morgan fingerprint density at radius 3 is 2.22 bits per heavy atom. The zero-order valence-electron chi connectivity index (χ0n) is 29.8. The molecule has 0 saturated carbocycles. The molecule has 0 saturated heterocycles. The molecular weight excluding hydrogens is 626 g/mol. The van der Waals surface area contributed by atoms with Crippen molar-refractivity contribution < 1.29 is 38.0 Å². The first kappa shape index (κ1) is 36.8. The normalized spacial score (nSPS) is 11.9. The number of pyridine rings is 1. The van der Waals surface area contributed by atoms with E-state index in [-0.39, 0.29) is 19.0 Å². The minimum absolute atomic E-state index is 0.132. The number of hydrogen-bond donors (Lipinski definition) is 2. The average molecular weight is 674 g/mol. The van der Waals surface area contributed by atoms with E-state index in [1.165, 1.54) is 0 Å². The first-order valence-corrected chi connectivity index (χ1v) is 16.1. The first-order valence-electron chi connectivity index (χ1n) is 16.1. The van der Waals surface area contributed by atoms with Crippen molar-refractivity contribution in [3.8, 4) is 23.0 Å². The third-order valence-corrected chi connectivity index (χ3v) is 6.95. The highest BCUT2D eigenvalue weighted by Crippen LogP contribution is 2.36. The Morgan fingerprint density at radius 2 is 1.53 bits per heavy atom. The summed E-state index contributed by atoms with van der Waals surface area (Å²) < 4.78 is 34.8. The van der Waals surface area contributed by atoms with Crippen molar-refractivity contribution >= 4 is 40.0 Å². The summed E-state index contributed by atoms with van der Waals surface area (Å²) in [5.41, 5.74) is -0.784. The lowest BCUT2D eigenvalue weighted by Gasteiger charge is -2.32. The number of carbonyl (C=O) groups excluding carboxylic acids is 2. The second-order valence-electron chi connectivity index (χ2n) is 13.7. The number of nitrogens with zero attached hydrogens (tertiary/aromatic N) is 1. The molecule has 2 N–H and O–H groups in total. The molecule has 4 rings (SSSR count). The van der Waals surface area contributed by atoms with Crippen LogP contribution in [-0.4, -0.2) is 54.2 Å². The molecule has 3 aromatic carbocycles. The summed E-state index contributed by atoms with van der Waals surface area (Å²) in [5.74, 6) is 2.52. The molecule has 1 heterocycles. The van der Waals surface area contributed by atoms with Crippen molar-refractivity contribution in [2.24, 2.45) is 0 Å². The number of esters is 1. The topological polar surface area (TPSA) is 126 Å². The minimum atomic E-state index is -0.734. The lowest BCUT2D eigenvalue weighted by atomic mass is 10.0. The van der Waals surface area contributed by atoms with Gasteiger partial charge >= 0.3 is 12.1 Å². The van der Waals surface area contributed by atoms with Crippen molar-refractivity contribution in [3.05, 3.63) is 72.9 Å². The Morgan fingerprint density at radius 1 is 0.816 bits per heavy atom. The van der Waals surface area contributed by atoms with Crippen LogP contribution in [0.2, 0.25) is 0 Å². The third-order valence-electron chi connectivity index (χ3n) is 6.95. The summed E-state index contributed by atoms with van der Waals surface area (Å²) >= 11 is 0. The summed E-state index contributed by atoms with van der Waals surface area (Å²) in [4.78, 5) is 28.9. The molecule has 262 valence electrons. The molecule has 1 amide bonds. The largest absolute Gasteiger partial charge is 0.497 e. The molecule has 0 aliphatic rings. The van der Waals surface area contributed by atoms with Gasteiger partial charge in [0.2, 0.25) is 0 Å². The molecule has 0 unspecified atom stereocenters. The van der Waals surface area contributed by atoms with Crippen molar-refractivity contribution in [2.45, 2.75) is 78.6 Å². The summed E-state index contributed by atoms with van der Waals surface area (Å²) in [6.45, 7) is 15.3. The summed E-state index contributed by atoms with van der Waals surface area (Å²) in [6.07, 6.45) is 1.25. The van der Waals surface area contributed by atoms with E-state index in [1.54, 1.807) is 50.6 Å². The number of carbonyl (C=O) groups is 2. The fraction of sp³-hybridized carbons (Fsp3) is 0.395. The number of fused-ring (bicyclic) bond motifs is 1. The van der Waals surface area contributed by atoms with Gasteiger partial charge in [0.15, 0.2) is 0 Å². The minimum Gasteiger partial charge on any atom is -0.497 e. The standard InChI is InChI=1S/C38H47N3O8/c1-10-45-34(42)23-37(5,6)46-24-38(7,8)48-28-20-25(19-27(21-28)44-9)40-33-22-26(17-18-39-33)47-32-16-15-31(29-13-11-12-14-30(29)32)41-35(43)49-36(2,3)4/h11-22H,10,23-24H2,1-9H3,(H,39,40)(H,41,43). The highest BCUT2D eigenvalue weighted by Gasteiger charge is 2.29. The van der Waals surface area contributed by atoms with Gasteiger partial charge in [-0.05, 0) is 73.6 Å². The lowest BCUT2D eigenvalue weighted by Crippen LogP contribution is -2.40. The third kappa shape index (κ3) is 11.3. The monoisotopic (exact) mass is 673 g/mol. The van der Waals surface area contributed by atoms with E-state index >= 15 is 0 Å². The maximum atomic E-state index is 12.5. The van der Waals surface area contributed by atoms with E-state index in [0.29, 0.717) is 46.8 Å². The van der Waals surface area contributed by atoms with Gasteiger partial charge in [-0.2, -0.15) is 0 Å². The van der Waals surface area contributed by atoms with Crippen LogP contribution in [0.15, 0.2) is 72.9 Å². The van der Waals surface area contributed by atoms with Crippen LogP contribution in [0.3, 0.4) is 0 Å². The molecular formula is C38H47N3O8. The molecule has 0 bridgehead atoms. The van der Waals surface area contributed by atoms with Gasteiger partial charge in [-0.15, -0.1) is 0 Å². The van der Waals surface area contributed by atoms with Crippen LogP contribution < -0.4 is 24.8 Å². The van der Waals surface area contributed by atoms with Gasteiger partial charge in [0.1, 0.15) is 40.0 Å². The summed E-state index contributed by atoms with van der Waals surface area (Å²) in [5, 5.41) is 7.77. The maximum absolute atomic E-state index is 12.5. The van der Waals surface area contributed by atoms with Crippen LogP contribution in [0, 0.1) is 0 Å². The smallest absolute Gasteiger partial charge is 0.412 e. The Kier molecular flexibility index (Phi) is 11.6. The van der Waals surface area contributed by atoms with Crippen LogP contribution in [0.25, 0.3) is 10.8 Å². The van der Waals surface area contributed by atoms with Crippen molar-refractivity contribution in [1.82, 2.24) is 4.98 Å². The number of rotatable bonds is 14. The molecule has 4 aromatic rings. The van der Waals surface area contributed by atoms with Crippen LogP contribution in [0.1, 0.15) is 61.8 Å². The maximum Gasteiger partial charge on any atom is 0.412 e. The van der Waals surface area contributed by atoms with Crippen LogP contribution >= 0.6 is 0 Å². The number of amides is 1. The van der Waals surface area contributed by atoms with Gasteiger partial charge < -0.3 is 33.7 Å². The van der Waals surface area contributed by atoms with Crippen molar-refractivity contribution in [3.63, 3.8) is 0 Å². The van der Waals surface area contributed by atoms with E-state index in [1.807, 2.05) is 84.9 Å². The Labute approximate surface area is 288 Å². The highest BCUT2D eigenvalue weighted by atomic mass is 16.6. The molecule has 0 aliphatic heterocycles. The number of ether oxygens (including phenoxy) is 6. The number of aromatic nitrogens is 1. The SMILES string of the molecule is CCOC(=O)CC(C)(C)OCC(C)(C)Oc1cc(Nc2cc(Oc3ccc(NC(=O)OC(C)(C)C)c4ccccc34)ccn2)cc(OC)c1. The van der Waals surface area contributed by atoms with Gasteiger partial charge in [0.25, 0.3) is 0 Å². The number of methoxy groups -OCH3 is 1. The van der Waals surface area contributed by atoms with Gasteiger partial charge in [-0.1, -0.05) is 24.3 Å². The van der Waals surface area contributed by atoms with Crippen molar-refractivity contribution in [1.29, 1.82) is 0 Å². The predicted octanol–water partition coefficient (Wildman–Crippen LogP) is 9.03. The van der Waals surface area contributed by atoms with Crippen LogP contribution in [0.5, 0.6) is 23.0 Å². The molecule has 0 atom stereocenters. The molecule has 0 fully saturated rings. The van der Waals surface area contributed by atoms with Crippen molar-refractivity contribution in [2.75, 3.05) is 31.0 Å². The molecule has 49 heavy (non-hydrogen) atoms. The molecule has 11 nitrogen and oxygen atoms in total. The molecule has 0 spiro atoms. The van der Waals surface area contributed by atoms with Gasteiger partial charge in [0, 0.05) is 46.9 Å². The first-order chi connectivity index (χ1) is 23.0. The Bertz CT molecular complexity index is 1760. The average Bonchev–Trinajstić information content (AvgIpc) is 3.00. The molecule has 0 aliphatic carbocycles. The lowest BCUT2D eigenvalue weighted by molar-refractivity contribution is -0.152. The molecule has 1 aromatic heterocycles. The quantitative estimate of drug-likeness (QED) is 0.125. The highest BCUT2D eigenvalue weighted by molar-refractivity contribution is 6.02. The van der Waals surface area contributed by atoms with Gasteiger partial charge in [0.05, 0.1) is 38.0 Å². The summed E-state index contributed by atoms with van der Waals surface area (Å²) in [7, 11) is 1.58. The fourth-order valence-corrected chi connectivity index (χ4v) is 4.85. The van der Waals surface area contributed by atoms with E-state index in [0.717, 1.165) is 10.8 Å². The number of hydrogen-bond acceptors (Lipinski definition) is 10. The Balaban J connectivity index is 1.48. The van der Waals surface area contributed by atoms with E-state index < -0.39 is 22.9 Å². The van der Waals surface area contributed by atoms with Crippen LogP contribution in [-0.2, 0) is 19.0 Å². The molecule has 11 heteroatoms. The van der Waals surface area contributed by atoms with Gasteiger partial charge in [-0.3, -0.25) is 10.1 Å².